The first-order valence-electron chi connectivity index (χ1n) is 8.93. The molecule has 0 bridgehead atoms. The van der Waals surface area contributed by atoms with Crippen LogP contribution in [0.2, 0.25) is 5.02 Å². The number of ether oxygens (including phenoxy) is 1. The highest BCUT2D eigenvalue weighted by Crippen LogP contribution is 2.38. The largest absolute Gasteiger partial charge is 0.507 e. The molecule has 0 amide bonds. The second-order valence-electron chi connectivity index (χ2n) is 6.53. The van der Waals surface area contributed by atoms with E-state index in [1.54, 1.807) is 6.07 Å². The second-order valence-corrected chi connectivity index (χ2v) is 6.97. The highest BCUT2D eigenvalue weighted by Gasteiger charge is 2.17. The zero-order valence-electron chi connectivity index (χ0n) is 15.3. The molecule has 5 heteroatoms. The molecule has 28 heavy (non-hydrogen) atoms. The number of rotatable bonds is 5. The van der Waals surface area contributed by atoms with E-state index in [0.29, 0.717) is 28.6 Å². The van der Waals surface area contributed by atoms with Crippen LogP contribution in [0.1, 0.15) is 11.3 Å². The molecule has 0 saturated carbocycles. The topological polar surface area (TPSA) is 58.1 Å². The molecule has 2 N–H and O–H groups in total. The number of aromatic hydroxyl groups is 1. The average molecular weight is 391 g/mol. The van der Waals surface area contributed by atoms with Gasteiger partial charge in [0.15, 0.2) is 0 Å². The molecule has 0 aliphatic carbocycles. The number of aryl methyl sites for hydroxylation is 1. The first-order valence-corrected chi connectivity index (χ1v) is 9.30. The molecule has 0 radical (unpaired) electrons. The fraction of sp³-hybridized carbons (Fsp3) is 0.0870. The molecular formula is C23H19ClN2O2. The molecule has 0 fully saturated rings. The van der Waals surface area contributed by atoms with Crippen molar-refractivity contribution in [3.8, 4) is 33.9 Å². The molecule has 4 nitrogen and oxygen atoms in total. The van der Waals surface area contributed by atoms with Gasteiger partial charge in [0.2, 0.25) is 0 Å². The summed E-state index contributed by atoms with van der Waals surface area (Å²) < 4.78 is 5.79. The van der Waals surface area contributed by atoms with Gasteiger partial charge in [-0.2, -0.15) is 5.10 Å². The van der Waals surface area contributed by atoms with Crippen LogP contribution in [-0.2, 0) is 6.61 Å². The number of halogens is 1. The molecule has 1 aromatic heterocycles. The van der Waals surface area contributed by atoms with E-state index in [2.05, 4.69) is 10.2 Å². The van der Waals surface area contributed by atoms with Gasteiger partial charge in [-0.1, -0.05) is 54.1 Å². The molecule has 4 rings (SSSR count). The van der Waals surface area contributed by atoms with Gasteiger partial charge >= 0.3 is 0 Å². The first kappa shape index (κ1) is 18.1. The summed E-state index contributed by atoms with van der Waals surface area (Å²) in [4.78, 5) is 0. The van der Waals surface area contributed by atoms with Crippen molar-refractivity contribution in [2.75, 3.05) is 0 Å². The van der Waals surface area contributed by atoms with Gasteiger partial charge in [-0.05, 0) is 42.3 Å². The summed E-state index contributed by atoms with van der Waals surface area (Å²) in [6.45, 7) is 2.37. The highest BCUT2D eigenvalue weighted by molar-refractivity contribution is 6.30. The Morgan fingerprint density at radius 2 is 1.75 bits per heavy atom. The van der Waals surface area contributed by atoms with Crippen LogP contribution in [0, 0.1) is 6.92 Å². The maximum Gasteiger partial charge on any atom is 0.128 e. The van der Waals surface area contributed by atoms with Crippen molar-refractivity contribution in [1.82, 2.24) is 10.2 Å². The van der Waals surface area contributed by atoms with Gasteiger partial charge in [-0.25, -0.2) is 0 Å². The Hall–Kier alpha value is -3.24. The summed E-state index contributed by atoms with van der Waals surface area (Å²) in [6, 6.07) is 22.8. The standard InChI is InChI=1S/C23H19ClN2O2/c1-15-22(17-5-3-2-4-6-17)23(26-25-15)20-12-11-19(13-21(20)27)28-14-16-7-9-18(24)10-8-16/h2-13,27H,14H2,1H3,(H,25,26). The van der Waals surface area contributed by atoms with Crippen molar-refractivity contribution in [2.45, 2.75) is 13.5 Å². The Bertz CT molecular complexity index is 1090. The van der Waals surface area contributed by atoms with Crippen molar-refractivity contribution in [1.29, 1.82) is 0 Å². The van der Waals surface area contributed by atoms with E-state index in [9.17, 15) is 5.11 Å². The van der Waals surface area contributed by atoms with E-state index >= 15 is 0 Å². The fourth-order valence-corrected chi connectivity index (χ4v) is 3.26. The summed E-state index contributed by atoms with van der Waals surface area (Å²) in [6.07, 6.45) is 0. The summed E-state index contributed by atoms with van der Waals surface area (Å²) in [5, 5.41) is 18.7. The molecule has 0 aliphatic heterocycles. The number of benzene rings is 3. The van der Waals surface area contributed by atoms with Gasteiger partial charge in [-0.3, -0.25) is 5.10 Å². The molecule has 0 saturated heterocycles. The average Bonchev–Trinajstić information content (AvgIpc) is 3.09. The van der Waals surface area contributed by atoms with Crippen LogP contribution in [0.3, 0.4) is 0 Å². The van der Waals surface area contributed by atoms with Crippen LogP contribution in [0.25, 0.3) is 22.4 Å². The molecule has 1 heterocycles. The van der Waals surface area contributed by atoms with E-state index < -0.39 is 0 Å². The SMILES string of the molecule is Cc1[nH]nc(-c2ccc(OCc3ccc(Cl)cc3)cc2O)c1-c1ccccc1. The molecule has 4 aromatic rings. The predicted octanol–water partition coefficient (Wildman–Crippen LogP) is 5.99. The summed E-state index contributed by atoms with van der Waals surface area (Å²) in [5.41, 5.74) is 5.34. The Balaban J connectivity index is 1.60. The molecule has 0 aliphatic rings. The Kier molecular flexibility index (Phi) is 5.04. The molecule has 140 valence electrons. The summed E-state index contributed by atoms with van der Waals surface area (Å²) in [7, 11) is 0. The Morgan fingerprint density at radius 3 is 2.46 bits per heavy atom. The molecule has 0 atom stereocenters. The smallest absolute Gasteiger partial charge is 0.128 e. The van der Waals surface area contributed by atoms with Crippen LogP contribution >= 0.6 is 11.6 Å². The number of nitrogens with one attached hydrogen (secondary N) is 1. The van der Waals surface area contributed by atoms with E-state index in [4.69, 9.17) is 16.3 Å². The number of nitrogens with zero attached hydrogens (tertiary/aromatic N) is 1. The molecular weight excluding hydrogens is 372 g/mol. The predicted molar refractivity (Wildman–Crippen MR) is 112 cm³/mol. The minimum atomic E-state index is 0.122. The quantitative estimate of drug-likeness (QED) is 0.440. The molecule has 0 unspecified atom stereocenters. The zero-order valence-corrected chi connectivity index (χ0v) is 16.1. The summed E-state index contributed by atoms with van der Waals surface area (Å²) >= 11 is 5.90. The number of aromatic amines is 1. The number of aromatic nitrogens is 2. The zero-order chi connectivity index (χ0) is 19.5. The highest BCUT2D eigenvalue weighted by atomic mass is 35.5. The maximum atomic E-state index is 10.6. The van der Waals surface area contributed by atoms with Crippen molar-refractivity contribution < 1.29 is 9.84 Å². The van der Waals surface area contributed by atoms with Crippen LogP contribution in [0.5, 0.6) is 11.5 Å². The maximum absolute atomic E-state index is 10.6. The molecule has 3 aromatic carbocycles. The van der Waals surface area contributed by atoms with E-state index in [-0.39, 0.29) is 5.75 Å². The lowest BCUT2D eigenvalue weighted by molar-refractivity contribution is 0.304. The van der Waals surface area contributed by atoms with Crippen LogP contribution < -0.4 is 4.74 Å². The lowest BCUT2D eigenvalue weighted by Crippen LogP contribution is -1.95. The van der Waals surface area contributed by atoms with Gasteiger partial charge in [0.05, 0.1) is 0 Å². The van der Waals surface area contributed by atoms with Crippen LogP contribution in [0.15, 0.2) is 72.8 Å². The third kappa shape index (κ3) is 3.73. The number of phenolic OH excluding ortho intramolecular Hbond substituents is 1. The number of phenols is 1. The first-order chi connectivity index (χ1) is 13.6. The minimum absolute atomic E-state index is 0.122. The number of hydrogen-bond acceptors (Lipinski definition) is 3. The van der Waals surface area contributed by atoms with E-state index in [0.717, 1.165) is 22.4 Å². The van der Waals surface area contributed by atoms with Crippen LogP contribution in [-0.4, -0.2) is 15.3 Å². The van der Waals surface area contributed by atoms with Crippen molar-refractivity contribution >= 4 is 11.6 Å². The third-order valence-electron chi connectivity index (χ3n) is 4.55. The normalized spacial score (nSPS) is 10.8. The number of hydrogen-bond donors (Lipinski definition) is 2. The lowest BCUT2D eigenvalue weighted by atomic mass is 9.99. The van der Waals surface area contributed by atoms with Gasteiger partial charge in [0.25, 0.3) is 0 Å². The summed E-state index contributed by atoms with van der Waals surface area (Å²) in [5.74, 6) is 0.710. The van der Waals surface area contributed by atoms with Crippen LogP contribution in [0.4, 0.5) is 0 Å². The molecule has 0 spiro atoms. The van der Waals surface area contributed by atoms with Gasteiger partial charge in [0, 0.05) is 27.9 Å². The Morgan fingerprint density at radius 1 is 1.00 bits per heavy atom. The monoisotopic (exact) mass is 390 g/mol. The second kappa shape index (κ2) is 7.79. The van der Waals surface area contributed by atoms with Crippen molar-refractivity contribution in [3.05, 3.63) is 89.1 Å². The van der Waals surface area contributed by atoms with Gasteiger partial charge in [0.1, 0.15) is 23.8 Å². The van der Waals surface area contributed by atoms with E-state index in [1.807, 2.05) is 73.7 Å². The van der Waals surface area contributed by atoms with E-state index in [1.165, 1.54) is 0 Å². The van der Waals surface area contributed by atoms with Crippen molar-refractivity contribution in [3.63, 3.8) is 0 Å². The van der Waals surface area contributed by atoms with Gasteiger partial charge < -0.3 is 9.84 Å². The number of H-pyrrole nitrogens is 1. The van der Waals surface area contributed by atoms with Gasteiger partial charge in [-0.15, -0.1) is 0 Å². The third-order valence-corrected chi connectivity index (χ3v) is 4.80. The van der Waals surface area contributed by atoms with Crippen molar-refractivity contribution in [2.24, 2.45) is 0 Å². The fourth-order valence-electron chi connectivity index (χ4n) is 3.13. The minimum Gasteiger partial charge on any atom is -0.507 e. The Labute approximate surface area is 168 Å². The lowest BCUT2D eigenvalue weighted by Gasteiger charge is -2.10.